The second kappa shape index (κ2) is 12.8. The lowest BCUT2D eigenvalue weighted by atomic mass is 9.43. The molecule has 7 rings (SSSR count). The Morgan fingerprint density at radius 3 is 1.92 bits per heavy atom. The van der Waals surface area contributed by atoms with Crippen LogP contribution in [0.1, 0.15) is 76.5 Å². The van der Waals surface area contributed by atoms with Gasteiger partial charge >= 0.3 is 5.97 Å². The Bertz CT molecular complexity index is 1520. The summed E-state index contributed by atoms with van der Waals surface area (Å²) in [6.45, 7) is 13.9. The summed E-state index contributed by atoms with van der Waals surface area (Å²) in [7, 11) is 0. The van der Waals surface area contributed by atoms with Gasteiger partial charge in [0, 0.05) is 23.2 Å². The minimum Gasteiger partial charge on any atom is -0.460 e. The normalized spacial score (nSPS) is 35.2. The molecule has 6 nitrogen and oxygen atoms in total. The summed E-state index contributed by atoms with van der Waals surface area (Å²) in [6.07, 6.45) is 4.77. The maximum absolute atomic E-state index is 14.4. The summed E-state index contributed by atoms with van der Waals surface area (Å²) < 4.78 is 26.8. The fraction of sp³-hybridized carbons (Fsp3) is 0.512. The molecular formula is C43H52O6. The van der Waals surface area contributed by atoms with Crippen molar-refractivity contribution in [1.82, 2.24) is 0 Å². The van der Waals surface area contributed by atoms with Crippen molar-refractivity contribution in [2.45, 2.75) is 83.4 Å². The largest absolute Gasteiger partial charge is 0.460 e. The number of carbonyl (C=O) groups excluding carboxylic acids is 1. The first-order valence-electron chi connectivity index (χ1n) is 18.2. The van der Waals surface area contributed by atoms with Crippen molar-refractivity contribution in [1.29, 1.82) is 0 Å². The smallest absolute Gasteiger partial charge is 0.332 e. The van der Waals surface area contributed by atoms with Crippen LogP contribution in [0, 0.1) is 34.0 Å². The Balaban J connectivity index is 1.28. The van der Waals surface area contributed by atoms with Crippen molar-refractivity contribution >= 4 is 5.97 Å². The predicted octanol–water partition coefficient (Wildman–Crippen LogP) is 8.08. The first-order chi connectivity index (χ1) is 23.6. The maximum Gasteiger partial charge on any atom is 0.332 e. The van der Waals surface area contributed by atoms with Crippen molar-refractivity contribution in [2.24, 2.45) is 34.0 Å². The number of aliphatic hydroxyl groups excluding tert-OH is 1. The Morgan fingerprint density at radius 1 is 0.878 bits per heavy atom. The summed E-state index contributed by atoms with van der Waals surface area (Å²) in [5.74, 6) is -1.02. The Hall–Kier alpha value is -3.29. The van der Waals surface area contributed by atoms with E-state index in [9.17, 15) is 9.90 Å². The van der Waals surface area contributed by atoms with Crippen LogP contribution in [0.15, 0.2) is 104 Å². The monoisotopic (exact) mass is 664 g/mol. The standard InChI is InChI=1S/C43H52O6/c1-6-39(4)28-35(40(5)30(2)22-23-41(31(3)37(39)45)24-25-42(38(40)41)46-26-27-47-42)49-36(44)29-48-43(32-16-10-7-11-17-32,33-18-12-8-13-19-33)34-20-14-9-15-21-34/h6-21,30-31,35,37-38,45H,1,22-29H2,2-5H3/t30-,31?,35-,37?,38?,39+,40+,41?/m1/s1. The van der Waals surface area contributed by atoms with Crippen molar-refractivity contribution in [3.63, 3.8) is 0 Å². The fourth-order valence-electron chi connectivity index (χ4n) is 10.7. The average molecular weight is 665 g/mol. The van der Waals surface area contributed by atoms with Crippen molar-refractivity contribution in [3.8, 4) is 0 Å². The van der Waals surface area contributed by atoms with E-state index in [1.165, 1.54) is 0 Å². The number of hydrogen-bond donors (Lipinski definition) is 1. The summed E-state index contributed by atoms with van der Waals surface area (Å²) in [6, 6.07) is 30.2. The second-order valence-electron chi connectivity index (χ2n) is 15.7. The second-order valence-corrected chi connectivity index (χ2v) is 15.7. The zero-order valence-electron chi connectivity index (χ0n) is 29.5. The molecule has 4 aliphatic rings. The number of carbonyl (C=O) groups is 1. The molecule has 1 N–H and O–H groups in total. The van der Waals surface area contributed by atoms with Gasteiger partial charge in [0.1, 0.15) is 18.3 Å². The molecule has 1 aliphatic heterocycles. The van der Waals surface area contributed by atoms with Gasteiger partial charge in [-0.1, -0.05) is 125 Å². The van der Waals surface area contributed by atoms with Crippen LogP contribution in [0.2, 0.25) is 0 Å². The topological polar surface area (TPSA) is 74.2 Å². The van der Waals surface area contributed by atoms with E-state index in [1.807, 2.05) is 97.1 Å². The van der Waals surface area contributed by atoms with E-state index in [1.54, 1.807) is 0 Å². The SMILES string of the molecule is C=C[C@@]1(C)C[C@@H](OC(=O)COC(c2ccccc2)(c2ccccc2)c2ccccc2)[C@@]2(C)C3C4(CCC3(CC[C@H]2C)C(C)C1O)OCCO4. The molecule has 260 valence electrons. The van der Waals surface area contributed by atoms with Gasteiger partial charge in [0.15, 0.2) is 5.79 Å². The minimum atomic E-state index is -1.05. The Kier molecular flexibility index (Phi) is 8.92. The van der Waals surface area contributed by atoms with Crippen LogP contribution >= 0.6 is 0 Å². The van der Waals surface area contributed by atoms with Crippen molar-refractivity contribution in [3.05, 3.63) is 120 Å². The molecule has 2 bridgehead atoms. The summed E-state index contributed by atoms with van der Waals surface area (Å²) in [5.41, 5.74) is 0.332. The zero-order chi connectivity index (χ0) is 34.5. The van der Waals surface area contributed by atoms with Crippen LogP contribution < -0.4 is 0 Å². The van der Waals surface area contributed by atoms with Gasteiger partial charge in [0.05, 0.1) is 19.3 Å². The Labute approximate surface area is 291 Å². The highest BCUT2D eigenvalue weighted by atomic mass is 16.7. The van der Waals surface area contributed by atoms with E-state index < -0.39 is 40.4 Å². The number of aliphatic hydroxyl groups is 1. The molecule has 0 aromatic heterocycles. The number of benzene rings is 3. The lowest BCUT2D eigenvalue weighted by Crippen LogP contribution is -2.66. The van der Waals surface area contributed by atoms with Crippen LogP contribution in [-0.2, 0) is 29.3 Å². The average Bonchev–Trinajstić information content (AvgIpc) is 3.75. The van der Waals surface area contributed by atoms with Gasteiger partial charge in [-0.2, -0.15) is 0 Å². The molecule has 1 heterocycles. The quantitative estimate of drug-likeness (QED) is 0.149. The minimum absolute atomic E-state index is 0.0114. The van der Waals surface area contributed by atoms with Crippen LogP contribution in [0.4, 0.5) is 0 Å². The van der Waals surface area contributed by atoms with E-state index in [4.69, 9.17) is 18.9 Å². The van der Waals surface area contributed by atoms with Crippen LogP contribution in [-0.4, -0.2) is 48.9 Å². The highest BCUT2D eigenvalue weighted by Crippen LogP contribution is 2.72. The summed E-state index contributed by atoms with van der Waals surface area (Å²) >= 11 is 0. The number of esters is 1. The molecule has 1 saturated heterocycles. The molecule has 3 saturated carbocycles. The lowest BCUT2D eigenvalue weighted by Gasteiger charge is -2.64. The van der Waals surface area contributed by atoms with E-state index in [-0.39, 0.29) is 29.8 Å². The number of hydrogen-bond acceptors (Lipinski definition) is 6. The number of rotatable bonds is 8. The highest BCUT2D eigenvalue weighted by Gasteiger charge is 2.74. The van der Waals surface area contributed by atoms with Gasteiger partial charge in [-0.25, -0.2) is 4.79 Å². The molecule has 0 amide bonds. The molecule has 6 heteroatoms. The molecule has 3 aromatic rings. The van der Waals surface area contributed by atoms with Crippen molar-refractivity contribution in [2.75, 3.05) is 19.8 Å². The zero-order valence-corrected chi connectivity index (χ0v) is 29.5. The lowest BCUT2D eigenvalue weighted by molar-refractivity contribution is -0.284. The molecule has 0 radical (unpaired) electrons. The highest BCUT2D eigenvalue weighted by molar-refractivity contribution is 5.71. The van der Waals surface area contributed by atoms with Gasteiger partial charge in [-0.05, 0) is 59.6 Å². The maximum atomic E-state index is 14.4. The van der Waals surface area contributed by atoms with E-state index in [0.29, 0.717) is 19.6 Å². The molecule has 4 unspecified atom stereocenters. The first kappa shape index (κ1) is 34.2. The van der Waals surface area contributed by atoms with Gasteiger partial charge in [-0.3, -0.25) is 0 Å². The Morgan fingerprint density at radius 2 is 1.41 bits per heavy atom. The van der Waals surface area contributed by atoms with E-state index in [2.05, 4.69) is 34.3 Å². The van der Waals surface area contributed by atoms with Crippen LogP contribution in [0.25, 0.3) is 0 Å². The molecule has 3 aliphatic carbocycles. The van der Waals surface area contributed by atoms with Crippen LogP contribution in [0.5, 0.6) is 0 Å². The molecule has 8 atom stereocenters. The van der Waals surface area contributed by atoms with Crippen LogP contribution in [0.3, 0.4) is 0 Å². The molecular weight excluding hydrogens is 612 g/mol. The van der Waals surface area contributed by atoms with Gasteiger partial charge < -0.3 is 24.1 Å². The molecule has 4 fully saturated rings. The third-order valence-corrected chi connectivity index (χ3v) is 13.5. The van der Waals surface area contributed by atoms with Gasteiger partial charge in [-0.15, -0.1) is 6.58 Å². The molecule has 3 aromatic carbocycles. The van der Waals surface area contributed by atoms with E-state index >= 15 is 0 Å². The van der Waals surface area contributed by atoms with Gasteiger partial charge in [0.2, 0.25) is 0 Å². The third kappa shape index (κ3) is 5.24. The fourth-order valence-corrected chi connectivity index (χ4v) is 10.7. The molecule has 49 heavy (non-hydrogen) atoms. The molecule has 1 spiro atoms. The third-order valence-electron chi connectivity index (χ3n) is 13.5. The van der Waals surface area contributed by atoms with E-state index in [0.717, 1.165) is 42.4 Å². The summed E-state index contributed by atoms with van der Waals surface area (Å²) in [4.78, 5) is 14.4. The first-order valence-corrected chi connectivity index (χ1v) is 18.2. The summed E-state index contributed by atoms with van der Waals surface area (Å²) in [5, 5.41) is 12.2. The predicted molar refractivity (Wildman–Crippen MR) is 189 cm³/mol. The van der Waals surface area contributed by atoms with Gasteiger partial charge in [0.25, 0.3) is 0 Å². The number of ether oxygens (including phenoxy) is 4. The van der Waals surface area contributed by atoms with Crippen molar-refractivity contribution < 1.29 is 28.8 Å².